The van der Waals surface area contributed by atoms with Crippen LogP contribution in [0.2, 0.25) is 10.0 Å². The normalized spacial score (nSPS) is 11.6. The van der Waals surface area contributed by atoms with Crippen LogP contribution in [0.3, 0.4) is 0 Å². The van der Waals surface area contributed by atoms with Gasteiger partial charge in [0.25, 0.3) is 0 Å². The maximum Gasteiger partial charge on any atom is 0.153 e. The summed E-state index contributed by atoms with van der Waals surface area (Å²) in [5, 5.41) is 5.51. The summed E-state index contributed by atoms with van der Waals surface area (Å²) in [5.74, 6) is 0.915. The molecule has 2 aromatic rings. The number of fused-ring (bicyclic) bond motifs is 1. The largest absolute Gasteiger partial charge is 0.458 e. The van der Waals surface area contributed by atoms with E-state index in [1.165, 1.54) is 0 Å². The Bertz CT molecular complexity index is 546. The fourth-order valence-electron chi connectivity index (χ4n) is 1.76. The standard InChI is InChI=1S/C13H15Cl2NO/c1-7(2)16-6-12-8(3)10-4-9(14)5-11(15)13(10)17-12/h4-5,7,16H,6H2,1-3H3. The molecular weight excluding hydrogens is 257 g/mol. The molecule has 0 radical (unpaired) electrons. The highest BCUT2D eigenvalue weighted by molar-refractivity contribution is 6.38. The highest BCUT2D eigenvalue weighted by Crippen LogP contribution is 2.33. The molecule has 0 fully saturated rings. The third-order valence-corrected chi connectivity index (χ3v) is 3.23. The summed E-state index contributed by atoms with van der Waals surface area (Å²) in [6.07, 6.45) is 0. The number of halogens is 2. The van der Waals surface area contributed by atoms with E-state index in [1.54, 1.807) is 6.07 Å². The molecule has 2 rings (SSSR count). The number of rotatable bonds is 3. The monoisotopic (exact) mass is 271 g/mol. The summed E-state index contributed by atoms with van der Waals surface area (Å²) in [4.78, 5) is 0. The lowest BCUT2D eigenvalue weighted by Gasteiger charge is -2.05. The molecule has 0 aliphatic heterocycles. The second-order valence-electron chi connectivity index (χ2n) is 4.45. The van der Waals surface area contributed by atoms with E-state index in [2.05, 4.69) is 19.2 Å². The second-order valence-corrected chi connectivity index (χ2v) is 5.29. The van der Waals surface area contributed by atoms with Gasteiger partial charge in [0.05, 0.1) is 11.6 Å². The van der Waals surface area contributed by atoms with Crippen molar-refractivity contribution in [2.45, 2.75) is 33.4 Å². The zero-order valence-corrected chi connectivity index (χ0v) is 11.6. The highest BCUT2D eigenvalue weighted by atomic mass is 35.5. The summed E-state index contributed by atoms with van der Waals surface area (Å²) < 4.78 is 5.78. The van der Waals surface area contributed by atoms with Crippen LogP contribution < -0.4 is 5.32 Å². The molecule has 0 bridgehead atoms. The molecule has 0 aliphatic carbocycles. The van der Waals surface area contributed by atoms with Crippen LogP contribution in [0.15, 0.2) is 16.5 Å². The van der Waals surface area contributed by atoms with E-state index in [0.29, 0.717) is 28.2 Å². The molecule has 0 unspecified atom stereocenters. The second kappa shape index (κ2) is 4.89. The van der Waals surface area contributed by atoms with E-state index < -0.39 is 0 Å². The molecule has 1 N–H and O–H groups in total. The molecule has 0 saturated carbocycles. The fraction of sp³-hybridized carbons (Fsp3) is 0.385. The molecule has 2 nitrogen and oxygen atoms in total. The van der Waals surface area contributed by atoms with Gasteiger partial charge in [0.1, 0.15) is 5.76 Å². The van der Waals surface area contributed by atoms with Gasteiger partial charge in [-0.2, -0.15) is 0 Å². The van der Waals surface area contributed by atoms with E-state index >= 15 is 0 Å². The van der Waals surface area contributed by atoms with Gasteiger partial charge in [-0.15, -0.1) is 0 Å². The van der Waals surface area contributed by atoms with Gasteiger partial charge in [-0.1, -0.05) is 37.0 Å². The first-order valence-electron chi connectivity index (χ1n) is 5.59. The Hall–Kier alpha value is -0.700. The first-order valence-corrected chi connectivity index (χ1v) is 6.35. The van der Waals surface area contributed by atoms with Crippen LogP contribution in [0, 0.1) is 6.92 Å². The molecule has 0 spiro atoms. The van der Waals surface area contributed by atoms with Crippen molar-refractivity contribution in [2.24, 2.45) is 0 Å². The van der Waals surface area contributed by atoms with Gasteiger partial charge in [0.2, 0.25) is 0 Å². The lowest BCUT2D eigenvalue weighted by Crippen LogP contribution is -2.21. The lowest BCUT2D eigenvalue weighted by atomic mass is 10.1. The zero-order chi connectivity index (χ0) is 12.6. The maximum absolute atomic E-state index is 6.11. The Kier molecular flexibility index (Phi) is 3.67. The number of aryl methyl sites for hydroxylation is 1. The molecule has 17 heavy (non-hydrogen) atoms. The van der Waals surface area contributed by atoms with E-state index in [-0.39, 0.29) is 0 Å². The number of nitrogens with one attached hydrogen (secondary N) is 1. The molecule has 0 amide bonds. The van der Waals surface area contributed by atoms with Gasteiger partial charge in [-0.05, 0) is 24.6 Å². The first-order chi connectivity index (χ1) is 7.99. The molecule has 0 atom stereocenters. The van der Waals surface area contributed by atoms with Crippen molar-refractivity contribution in [3.05, 3.63) is 33.5 Å². The Labute approximate surface area is 111 Å². The summed E-state index contributed by atoms with van der Waals surface area (Å²) in [6.45, 7) is 6.92. The van der Waals surface area contributed by atoms with E-state index in [9.17, 15) is 0 Å². The molecule has 1 aromatic heterocycles. The predicted octanol–water partition coefficient (Wildman–Crippen LogP) is 4.55. The average molecular weight is 272 g/mol. The van der Waals surface area contributed by atoms with Crippen molar-refractivity contribution in [1.82, 2.24) is 5.32 Å². The molecule has 1 heterocycles. The highest BCUT2D eigenvalue weighted by Gasteiger charge is 2.13. The topological polar surface area (TPSA) is 25.2 Å². The van der Waals surface area contributed by atoms with Crippen LogP contribution in [-0.4, -0.2) is 6.04 Å². The number of benzene rings is 1. The van der Waals surface area contributed by atoms with Crippen LogP contribution in [0.4, 0.5) is 0 Å². The van der Waals surface area contributed by atoms with Gasteiger partial charge in [-0.3, -0.25) is 0 Å². The van der Waals surface area contributed by atoms with Gasteiger partial charge >= 0.3 is 0 Å². The minimum atomic E-state index is 0.418. The van der Waals surface area contributed by atoms with Gasteiger partial charge in [-0.25, -0.2) is 0 Å². The SMILES string of the molecule is Cc1c(CNC(C)C)oc2c(Cl)cc(Cl)cc12. The Morgan fingerprint density at radius 3 is 2.65 bits per heavy atom. The average Bonchev–Trinajstić information content (AvgIpc) is 2.54. The van der Waals surface area contributed by atoms with Crippen LogP contribution in [0.25, 0.3) is 11.0 Å². The number of furan rings is 1. The summed E-state index contributed by atoms with van der Waals surface area (Å²) >= 11 is 12.1. The zero-order valence-electron chi connectivity index (χ0n) is 10.1. The number of hydrogen-bond donors (Lipinski definition) is 1. The Morgan fingerprint density at radius 1 is 1.29 bits per heavy atom. The smallest absolute Gasteiger partial charge is 0.153 e. The molecule has 0 aliphatic rings. The minimum absolute atomic E-state index is 0.418. The van der Waals surface area contributed by atoms with Crippen molar-refractivity contribution >= 4 is 34.2 Å². The quantitative estimate of drug-likeness (QED) is 0.886. The first kappa shape index (κ1) is 12.7. The van der Waals surface area contributed by atoms with E-state index in [0.717, 1.165) is 16.7 Å². The molecule has 0 saturated heterocycles. The molecule has 92 valence electrons. The van der Waals surface area contributed by atoms with Gasteiger partial charge < -0.3 is 9.73 Å². The van der Waals surface area contributed by atoms with Crippen molar-refractivity contribution in [3.8, 4) is 0 Å². The van der Waals surface area contributed by atoms with Crippen molar-refractivity contribution in [1.29, 1.82) is 0 Å². The summed E-state index contributed by atoms with van der Waals surface area (Å²) in [5.41, 5.74) is 1.81. The lowest BCUT2D eigenvalue weighted by molar-refractivity contribution is 0.485. The minimum Gasteiger partial charge on any atom is -0.458 e. The van der Waals surface area contributed by atoms with E-state index in [4.69, 9.17) is 27.6 Å². The van der Waals surface area contributed by atoms with E-state index in [1.807, 2.05) is 13.0 Å². The third kappa shape index (κ3) is 2.59. The van der Waals surface area contributed by atoms with Crippen molar-refractivity contribution in [2.75, 3.05) is 0 Å². The Morgan fingerprint density at radius 2 is 2.00 bits per heavy atom. The van der Waals surface area contributed by atoms with Crippen LogP contribution >= 0.6 is 23.2 Å². The molecular formula is C13H15Cl2NO. The third-order valence-electron chi connectivity index (χ3n) is 2.73. The van der Waals surface area contributed by atoms with Crippen LogP contribution in [0.5, 0.6) is 0 Å². The van der Waals surface area contributed by atoms with Crippen molar-refractivity contribution < 1.29 is 4.42 Å². The maximum atomic E-state index is 6.11. The molecule has 4 heteroatoms. The molecule has 1 aromatic carbocycles. The predicted molar refractivity (Wildman–Crippen MR) is 72.9 cm³/mol. The number of hydrogen-bond acceptors (Lipinski definition) is 2. The Balaban J connectivity index is 2.45. The van der Waals surface area contributed by atoms with Gasteiger partial charge in [0.15, 0.2) is 5.58 Å². The van der Waals surface area contributed by atoms with Crippen LogP contribution in [0.1, 0.15) is 25.2 Å². The fourth-order valence-corrected chi connectivity index (χ4v) is 2.29. The summed E-state index contributed by atoms with van der Waals surface area (Å²) in [6, 6.07) is 4.01. The van der Waals surface area contributed by atoms with Gasteiger partial charge in [0, 0.05) is 16.5 Å². The van der Waals surface area contributed by atoms with Crippen molar-refractivity contribution in [3.63, 3.8) is 0 Å². The summed E-state index contributed by atoms with van der Waals surface area (Å²) in [7, 11) is 0. The van der Waals surface area contributed by atoms with Crippen LogP contribution in [-0.2, 0) is 6.54 Å².